The number of nitrogen functional groups attached to an aromatic ring is 1. The van der Waals surface area contributed by atoms with E-state index in [0.29, 0.717) is 0 Å². The van der Waals surface area contributed by atoms with Gasteiger partial charge in [0.25, 0.3) is 0 Å². The predicted octanol–water partition coefficient (Wildman–Crippen LogP) is 3.86. The van der Waals surface area contributed by atoms with Gasteiger partial charge in [0.05, 0.1) is 25.9 Å². The molecule has 0 aromatic carbocycles. The van der Waals surface area contributed by atoms with Crippen molar-refractivity contribution in [3.8, 4) is 0 Å². The van der Waals surface area contributed by atoms with Gasteiger partial charge in [0.1, 0.15) is 48.2 Å². The Kier molecular flexibility index (Phi) is 11.8. The first kappa shape index (κ1) is 41.6. The molecule has 4 N–H and O–H groups in total. The number of amides is 2. The quantitative estimate of drug-likeness (QED) is 0.100. The van der Waals surface area contributed by atoms with Crippen LogP contribution in [0.15, 0.2) is 25.3 Å². The summed E-state index contributed by atoms with van der Waals surface area (Å²) in [4.78, 5) is 49.1. The number of anilines is 2. The van der Waals surface area contributed by atoms with Crippen molar-refractivity contribution in [2.75, 3.05) is 30.8 Å². The summed E-state index contributed by atoms with van der Waals surface area (Å²) in [6, 6.07) is 0. The fourth-order valence-electron chi connectivity index (χ4n) is 6.19. The lowest BCUT2D eigenvalue weighted by Crippen LogP contribution is -2.36. The number of rotatable bonds is 7. The van der Waals surface area contributed by atoms with E-state index in [1.807, 2.05) is 0 Å². The number of carbonyl (C=O) groups excluding carboxylic acids is 2. The highest BCUT2D eigenvalue weighted by atomic mass is 32.7. The van der Waals surface area contributed by atoms with Crippen LogP contribution in [0.25, 0.3) is 22.3 Å². The maximum Gasteiger partial charge on any atom is 0.407 e. The number of aromatic nitrogens is 8. The summed E-state index contributed by atoms with van der Waals surface area (Å²) in [5.41, 5.74) is 5.57. The minimum absolute atomic E-state index is 0.00149. The number of nitrogens with zero attached hydrogens (tertiary/aromatic N) is 8. The van der Waals surface area contributed by atoms with Crippen LogP contribution in [0.4, 0.5) is 25.2 Å². The van der Waals surface area contributed by atoms with Crippen molar-refractivity contribution in [3.05, 3.63) is 25.3 Å². The summed E-state index contributed by atoms with van der Waals surface area (Å²) < 4.78 is 101. The highest BCUT2D eigenvalue weighted by molar-refractivity contribution is 8.44. The third-order valence-corrected chi connectivity index (χ3v) is 11.9. The Morgan fingerprint density at radius 1 is 0.877 bits per heavy atom. The highest BCUT2D eigenvalue weighted by Gasteiger charge is 2.54. The van der Waals surface area contributed by atoms with Gasteiger partial charge in [0.15, 0.2) is 53.2 Å². The molecule has 57 heavy (non-hydrogen) atoms. The molecule has 0 saturated carbocycles. The fraction of sp³-hybridized carbons (Fsp3) is 0.586. The number of imidazole rings is 2. The number of carbonyl (C=O) groups is 2. The molecule has 3 aliphatic heterocycles. The number of hydrogen-bond acceptors (Lipinski definition) is 18. The van der Waals surface area contributed by atoms with E-state index in [1.165, 1.54) is 21.8 Å². The number of thiol groups is 2. The molecule has 4 aromatic rings. The van der Waals surface area contributed by atoms with Crippen LogP contribution in [-0.4, -0.2) is 113 Å². The van der Waals surface area contributed by atoms with Crippen LogP contribution < -0.4 is 16.4 Å². The Morgan fingerprint density at radius 3 is 1.96 bits per heavy atom. The predicted molar refractivity (Wildman–Crippen MR) is 200 cm³/mol. The van der Waals surface area contributed by atoms with Gasteiger partial charge in [-0.05, 0) is 27.2 Å². The van der Waals surface area contributed by atoms with Gasteiger partial charge in [0, 0.05) is 13.0 Å². The standard InChI is InChI=1S/C29H37F2N11O11P2S2/c1-29(2,3)51-28(44)33-6-4-5-15(43)40-23-19-25(37-10-35-23)42(12-39-19)27-17(31)21-14(50-27)8-48-54(45,56)52-20-13(7-47-55(46,57)53-21)49-26(16(20)30)41-11-38-18-22(32)34-9-36-24(18)41/h9-14,16-17,20-21,26-27H,4-8H2,1-3H3,(H,33,44)(H,45,56)(H,46,57)(H2,32,34,36)(H,35,37,40,43)/t13-,14-,16-,17-,20?,21?,26-,27-,54-,55+/m1/s1. The Labute approximate surface area is 332 Å². The second-order valence-corrected chi connectivity index (χ2v) is 19.6. The summed E-state index contributed by atoms with van der Waals surface area (Å²) in [7, 11) is 0. The maximum atomic E-state index is 16.4. The van der Waals surface area contributed by atoms with Gasteiger partial charge in [-0.2, -0.15) is 0 Å². The number of alkyl halides is 2. The molecule has 310 valence electrons. The van der Waals surface area contributed by atoms with Crippen LogP contribution in [0.5, 0.6) is 0 Å². The lowest BCUT2D eigenvalue weighted by molar-refractivity contribution is -0.116. The van der Waals surface area contributed by atoms with Gasteiger partial charge in [0.2, 0.25) is 5.91 Å². The van der Waals surface area contributed by atoms with E-state index in [1.54, 1.807) is 20.8 Å². The van der Waals surface area contributed by atoms with Crippen molar-refractivity contribution in [1.82, 2.24) is 44.4 Å². The van der Waals surface area contributed by atoms with E-state index in [2.05, 4.69) is 65.0 Å². The zero-order valence-corrected chi connectivity index (χ0v) is 33.7. The number of ether oxygens (including phenoxy) is 3. The number of nitrogens with two attached hydrogens (primary N) is 1. The summed E-state index contributed by atoms with van der Waals surface area (Å²) >= 11 is 8.06. The van der Waals surface area contributed by atoms with Gasteiger partial charge < -0.3 is 30.6 Å². The smallest absolute Gasteiger partial charge is 0.407 e. The molecule has 0 radical (unpaired) electrons. The van der Waals surface area contributed by atoms with E-state index in [4.69, 9.17) is 38.0 Å². The Balaban J connectivity index is 1.04. The third-order valence-electron chi connectivity index (χ3n) is 8.65. The Bertz CT molecular complexity index is 2250. The molecule has 2 unspecified atom stereocenters. The number of halogens is 2. The van der Waals surface area contributed by atoms with Gasteiger partial charge in [-0.15, -0.1) is 0 Å². The van der Waals surface area contributed by atoms with Crippen LogP contribution >= 0.6 is 38.1 Å². The molecule has 3 saturated heterocycles. The van der Waals surface area contributed by atoms with Gasteiger partial charge in [-0.3, -0.25) is 32.0 Å². The summed E-state index contributed by atoms with van der Waals surface area (Å²) in [6.07, 6.45) is -9.18. The van der Waals surface area contributed by atoms with E-state index in [0.717, 1.165) is 12.7 Å². The fourth-order valence-corrected chi connectivity index (χ4v) is 9.16. The first-order valence-electron chi connectivity index (χ1n) is 17.2. The van der Waals surface area contributed by atoms with Gasteiger partial charge in [-0.1, -0.05) is 24.5 Å². The monoisotopic (exact) mass is 879 g/mol. The van der Waals surface area contributed by atoms with E-state index in [-0.39, 0.29) is 53.3 Å². The van der Waals surface area contributed by atoms with E-state index >= 15 is 8.78 Å². The molecule has 3 fully saturated rings. The normalized spacial score (nSPS) is 32.3. The number of hydrogen-bond donors (Lipinski definition) is 5. The Hall–Kier alpha value is -3.58. The summed E-state index contributed by atoms with van der Waals surface area (Å²) in [6.45, 7) is -5.03. The second-order valence-electron chi connectivity index (χ2n) is 13.9. The van der Waals surface area contributed by atoms with Crippen molar-refractivity contribution in [2.24, 2.45) is 0 Å². The molecule has 22 nitrogen and oxygen atoms in total. The van der Waals surface area contributed by atoms with E-state index < -0.39 is 93.6 Å². The van der Waals surface area contributed by atoms with Crippen molar-refractivity contribution >= 4 is 84.1 Å². The first-order valence-corrected chi connectivity index (χ1v) is 22.6. The largest absolute Gasteiger partial charge is 0.444 e. The average molecular weight is 880 g/mol. The molecule has 7 heterocycles. The van der Waals surface area contributed by atoms with Crippen molar-refractivity contribution in [3.63, 3.8) is 0 Å². The third kappa shape index (κ3) is 9.19. The van der Waals surface area contributed by atoms with Crippen LogP contribution in [0.3, 0.4) is 0 Å². The lowest BCUT2D eigenvalue weighted by Gasteiger charge is -2.28. The first-order chi connectivity index (χ1) is 26.9. The van der Waals surface area contributed by atoms with Crippen LogP contribution in [0.2, 0.25) is 0 Å². The highest BCUT2D eigenvalue weighted by Crippen LogP contribution is 2.60. The average Bonchev–Trinajstić information content (AvgIpc) is 3.89. The number of nitrogens with one attached hydrogen (secondary N) is 2. The summed E-state index contributed by atoms with van der Waals surface area (Å²) in [5, 5.41) is 5.18. The van der Waals surface area contributed by atoms with Gasteiger partial charge in [-0.25, -0.2) is 52.6 Å². The van der Waals surface area contributed by atoms with Gasteiger partial charge >= 0.3 is 19.7 Å². The molecular weight excluding hydrogens is 842 g/mol. The van der Waals surface area contributed by atoms with Crippen molar-refractivity contribution in [2.45, 2.75) is 88.4 Å². The lowest BCUT2D eigenvalue weighted by atomic mass is 10.1. The van der Waals surface area contributed by atoms with Crippen molar-refractivity contribution < 1.29 is 59.8 Å². The molecular formula is C29H37F2N11O11P2S2. The molecule has 28 heteroatoms. The molecule has 0 bridgehead atoms. The topological polar surface area (TPSA) is 270 Å². The second kappa shape index (κ2) is 16.2. The maximum absolute atomic E-state index is 16.4. The molecule has 10 atom stereocenters. The molecule has 2 amide bonds. The minimum Gasteiger partial charge on any atom is -0.444 e. The van der Waals surface area contributed by atoms with Crippen LogP contribution in [-0.2, 0) is 46.2 Å². The Morgan fingerprint density at radius 2 is 1.40 bits per heavy atom. The van der Waals surface area contributed by atoms with E-state index in [9.17, 15) is 18.7 Å². The van der Waals surface area contributed by atoms with Crippen molar-refractivity contribution in [1.29, 1.82) is 0 Å². The zero-order chi connectivity index (χ0) is 40.9. The molecule has 0 aliphatic carbocycles. The van der Waals surface area contributed by atoms with Crippen LogP contribution in [0, 0.1) is 0 Å². The molecule has 4 aromatic heterocycles. The number of fused-ring (bicyclic) bond motifs is 4. The van der Waals surface area contributed by atoms with Crippen LogP contribution in [0.1, 0.15) is 46.1 Å². The number of alkyl carbamates (subject to hydrolysis) is 1. The SMILES string of the molecule is CC(C)(C)OC(=O)NCCCC(=O)Nc1ncnc2c1ncn2[C@@H]1O[C@@H]2CO[P@@](=O)(S)OC3[C@@H](F)[C@H](n4cnc5c(N)ncnc54)O[C@@H]3CO[P@](=O)(S)OC2[C@H]1F. The summed E-state index contributed by atoms with van der Waals surface area (Å²) in [5.74, 6) is -0.422. The zero-order valence-electron chi connectivity index (χ0n) is 30.2. The minimum atomic E-state index is -4.49. The molecule has 7 rings (SSSR count). The molecule has 0 spiro atoms. The molecule has 3 aliphatic rings.